The van der Waals surface area contributed by atoms with Gasteiger partial charge in [-0.2, -0.15) is 0 Å². The highest BCUT2D eigenvalue weighted by molar-refractivity contribution is 5.75. The first kappa shape index (κ1) is 34.5. The van der Waals surface area contributed by atoms with E-state index >= 15 is 0 Å². The number of rotatable bonds is 17. The van der Waals surface area contributed by atoms with Gasteiger partial charge in [-0.05, 0) is 57.7 Å². The molecule has 0 aromatic heterocycles. The van der Waals surface area contributed by atoms with Crippen LogP contribution in [0.2, 0.25) is 0 Å². The molecular weight excluding hydrogens is 526 g/mol. The van der Waals surface area contributed by atoms with Gasteiger partial charge in [-0.1, -0.05) is 45.6 Å². The lowest BCUT2D eigenvalue weighted by Gasteiger charge is -2.25. The third-order valence-electron chi connectivity index (χ3n) is 5.65. The van der Waals surface area contributed by atoms with E-state index in [0.717, 1.165) is 25.7 Å². The number of carboxylic acid groups (broad SMARTS) is 1. The van der Waals surface area contributed by atoms with E-state index in [2.05, 4.69) is 0 Å². The molecule has 1 aromatic rings. The van der Waals surface area contributed by atoms with Gasteiger partial charge >= 0.3 is 24.4 Å². The Morgan fingerprint density at radius 3 is 1.85 bits per heavy atom. The fourth-order valence-electron chi connectivity index (χ4n) is 3.63. The topological polar surface area (TPSA) is 170 Å². The molecule has 40 heavy (non-hydrogen) atoms. The van der Waals surface area contributed by atoms with Crippen LogP contribution in [-0.4, -0.2) is 61.0 Å². The molecule has 0 aliphatic carbocycles. The van der Waals surface area contributed by atoms with Gasteiger partial charge in [-0.25, -0.2) is 14.4 Å². The van der Waals surface area contributed by atoms with E-state index in [1.165, 1.54) is 18.2 Å². The summed E-state index contributed by atoms with van der Waals surface area (Å²) in [6.07, 6.45) is 0.834. The molecule has 0 fully saturated rings. The lowest BCUT2D eigenvalue weighted by atomic mass is 9.87. The Bertz CT molecular complexity index is 950. The smallest absolute Gasteiger partial charge is 0.480 e. The predicted molar refractivity (Wildman–Crippen MR) is 145 cm³/mol. The van der Waals surface area contributed by atoms with Crippen molar-refractivity contribution in [3.8, 4) is 11.5 Å². The summed E-state index contributed by atoms with van der Waals surface area (Å²) >= 11 is 0. The van der Waals surface area contributed by atoms with Crippen LogP contribution in [-0.2, 0) is 23.7 Å². The van der Waals surface area contributed by atoms with E-state index in [1.54, 1.807) is 20.8 Å². The minimum atomic E-state index is -1.41. The summed E-state index contributed by atoms with van der Waals surface area (Å²) in [6, 6.07) is 2.74. The van der Waals surface area contributed by atoms with E-state index in [0.29, 0.717) is 18.4 Å². The first-order valence-corrected chi connectivity index (χ1v) is 13.7. The number of carbonyl (C=O) groups excluding carboxylic acids is 3. The molecule has 0 heterocycles. The molecule has 226 valence electrons. The first-order valence-electron chi connectivity index (χ1n) is 13.7. The molecule has 0 bridgehead atoms. The summed E-state index contributed by atoms with van der Waals surface area (Å²) in [4.78, 5) is 48.3. The maximum atomic E-state index is 12.4. The number of hydrogen-bond donors (Lipinski definition) is 2. The van der Waals surface area contributed by atoms with Crippen molar-refractivity contribution in [1.29, 1.82) is 0 Å². The van der Waals surface area contributed by atoms with Crippen molar-refractivity contribution < 1.29 is 52.7 Å². The molecule has 0 spiro atoms. The zero-order valence-corrected chi connectivity index (χ0v) is 24.0. The molecular formula is C28H43NO11. The number of unbranched alkanes of at least 4 members (excludes halogenated alkanes) is 4. The summed E-state index contributed by atoms with van der Waals surface area (Å²) in [5.41, 5.74) is 6.32. The van der Waals surface area contributed by atoms with Gasteiger partial charge in [0.05, 0.1) is 19.3 Å². The zero-order chi connectivity index (χ0) is 30.1. The van der Waals surface area contributed by atoms with Crippen LogP contribution in [0.3, 0.4) is 0 Å². The van der Waals surface area contributed by atoms with Crippen LogP contribution in [0.25, 0.3) is 0 Å². The van der Waals surface area contributed by atoms with Crippen molar-refractivity contribution in [2.75, 3.05) is 13.2 Å². The third kappa shape index (κ3) is 13.5. The molecule has 0 saturated heterocycles. The molecule has 12 heteroatoms. The molecule has 0 aliphatic heterocycles. The molecule has 1 rings (SSSR count). The van der Waals surface area contributed by atoms with Crippen LogP contribution < -0.4 is 15.2 Å². The quantitative estimate of drug-likeness (QED) is 0.0981. The first-order chi connectivity index (χ1) is 19.0. The summed E-state index contributed by atoms with van der Waals surface area (Å²) in [5.74, 6) is -2.52. The van der Waals surface area contributed by atoms with Crippen molar-refractivity contribution in [3.05, 3.63) is 23.8 Å². The number of nitrogens with two attached hydrogens (primary N) is 1. The van der Waals surface area contributed by atoms with Crippen LogP contribution >= 0.6 is 0 Å². The van der Waals surface area contributed by atoms with Crippen LogP contribution in [0.4, 0.5) is 14.4 Å². The second kappa shape index (κ2) is 18.7. The van der Waals surface area contributed by atoms with Gasteiger partial charge in [-0.3, -0.25) is 4.79 Å². The number of carboxylic acids is 1. The van der Waals surface area contributed by atoms with Gasteiger partial charge in [0.2, 0.25) is 0 Å². The van der Waals surface area contributed by atoms with Crippen molar-refractivity contribution in [1.82, 2.24) is 0 Å². The number of ether oxygens (including phenoxy) is 6. The summed E-state index contributed by atoms with van der Waals surface area (Å²) in [6.45, 7) is 9.21. The van der Waals surface area contributed by atoms with E-state index in [9.17, 15) is 24.3 Å². The Balaban J connectivity index is 3.22. The largest absolute Gasteiger partial charge is 0.513 e. The second-order valence-corrected chi connectivity index (χ2v) is 9.57. The predicted octanol–water partition coefficient (Wildman–Crippen LogP) is 5.93. The maximum Gasteiger partial charge on any atom is 0.513 e. The van der Waals surface area contributed by atoms with Gasteiger partial charge in [0, 0.05) is 5.92 Å². The molecule has 3 N–H and O–H groups in total. The van der Waals surface area contributed by atoms with Gasteiger partial charge in [0.25, 0.3) is 0 Å². The highest BCUT2D eigenvalue weighted by Crippen LogP contribution is 2.35. The van der Waals surface area contributed by atoms with E-state index in [-0.39, 0.29) is 31.1 Å². The molecule has 0 saturated carbocycles. The third-order valence-corrected chi connectivity index (χ3v) is 5.65. The summed E-state index contributed by atoms with van der Waals surface area (Å²) < 4.78 is 31.0. The number of hydrogen-bond acceptors (Lipinski definition) is 11. The van der Waals surface area contributed by atoms with Crippen molar-refractivity contribution >= 4 is 24.4 Å². The van der Waals surface area contributed by atoms with Gasteiger partial charge < -0.3 is 39.3 Å². The molecule has 0 aliphatic rings. The lowest BCUT2D eigenvalue weighted by molar-refractivity contribution is -0.139. The standard InChI is InChI=1S/C28H43NO11/c1-6-8-10-14-35-26(32)39-22-13-12-20(17-23(22)40-27(33)36-15-11-9-7-2)21(24(29)25(30)31)16-19(5)38-28(34)37-18(3)4/h12-13,17-19,21,24H,6-11,14-16,29H2,1-5H3,(H,30,31)/t19?,21?,24-/m0/s1. The molecule has 3 atom stereocenters. The molecule has 1 aromatic carbocycles. The van der Waals surface area contributed by atoms with Crippen LogP contribution in [0.5, 0.6) is 11.5 Å². The fourth-order valence-corrected chi connectivity index (χ4v) is 3.63. The average molecular weight is 570 g/mol. The number of aliphatic carboxylic acids is 1. The zero-order valence-electron chi connectivity index (χ0n) is 24.0. The maximum absolute atomic E-state index is 12.4. The summed E-state index contributed by atoms with van der Waals surface area (Å²) in [7, 11) is 0. The Morgan fingerprint density at radius 2 is 1.35 bits per heavy atom. The highest BCUT2D eigenvalue weighted by Gasteiger charge is 2.30. The Kier molecular flexibility index (Phi) is 16.1. The molecule has 0 radical (unpaired) electrons. The fraction of sp³-hybridized carbons (Fsp3) is 0.643. The van der Waals surface area contributed by atoms with Crippen LogP contribution in [0, 0.1) is 0 Å². The van der Waals surface area contributed by atoms with E-state index in [1.807, 2.05) is 13.8 Å². The number of benzene rings is 1. The van der Waals surface area contributed by atoms with E-state index in [4.69, 9.17) is 34.2 Å². The lowest BCUT2D eigenvalue weighted by Crippen LogP contribution is -2.38. The molecule has 12 nitrogen and oxygen atoms in total. The minimum Gasteiger partial charge on any atom is -0.480 e. The van der Waals surface area contributed by atoms with Gasteiger partial charge in [0.1, 0.15) is 12.1 Å². The monoisotopic (exact) mass is 569 g/mol. The SMILES string of the molecule is CCCCCOC(=O)Oc1ccc(C(CC(C)OC(=O)OC(C)C)[C@H](N)C(=O)O)cc1OC(=O)OCCCCC. The Morgan fingerprint density at radius 1 is 0.800 bits per heavy atom. The molecule has 0 amide bonds. The van der Waals surface area contributed by atoms with Crippen LogP contribution in [0.15, 0.2) is 18.2 Å². The molecule has 2 unspecified atom stereocenters. The van der Waals surface area contributed by atoms with Crippen molar-refractivity contribution in [2.24, 2.45) is 5.73 Å². The summed E-state index contributed by atoms with van der Waals surface area (Å²) in [5, 5.41) is 9.63. The number of carbonyl (C=O) groups is 4. The van der Waals surface area contributed by atoms with Crippen molar-refractivity contribution in [3.63, 3.8) is 0 Å². The van der Waals surface area contributed by atoms with Gasteiger partial charge in [-0.15, -0.1) is 0 Å². The normalized spacial score (nSPS) is 13.1. The van der Waals surface area contributed by atoms with Crippen LogP contribution in [0.1, 0.15) is 91.0 Å². The van der Waals surface area contributed by atoms with Gasteiger partial charge in [0.15, 0.2) is 11.5 Å². The second-order valence-electron chi connectivity index (χ2n) is 9.57. The van der Waals surface area contributed by atoms with Crippen molar-refractivity contribution in [2.45, 2.75) is 104 Å². The Labute approximate surface area is 235 Å². The van der Waals surface area contributed by atoms with E-state index < -0.39 is 48.6 Å². The average Bonchev–Trinajstić information content (AvgIpc) is 2.87. The minimum absolute atomic E-state index is 0.00123. The highest BCUT2D eigenvalue weighted by atomic mass is 16.7. The Hall–Kier alpha value is -3.54.